The molecule has 0 spiro atoms. The minimum absolute atomic E-state index is 0.158. The molecule has 0 unspecified atom stereocenters. The third-order valence-corrected chi connectivity index (χ3v) is 4.78. The molecule has 0 saturated heterocycles. The van der Waals surface area contributed by atoms with Gasteiger partial charge in [-0.1, -0.05) is 30.3 Å². The van der Waals surface area contributed by atoms with Crippen LogP contribution in [0.5, 0.6) is 0 Å². The van der Waals surface area contributed by atoms with Gasteiger partial charge < -0.3 is 10.6 Å². The molecule has 4 rings (SSSR count). The number of hydrogen-bond donors (Lipinski definition) is 2. The lowest BCUT2D eigenvalue weighted by atomic mass is 9.94. The molecule has 0 radical (unpaired) electrons. The second-order valence-corrected chi connectivity index (χ2v) is 6.47. The highest BCUT2D eigenvalue weighted by molar-refractivity contribution is 5.95. The highest BCUT2D eigenvalue weighted by Gasteiger charge is 2.27. The number of halogens is 1. The molecule has 2 aromatic carbocycles. The highest BCUT2D eigenvalue weighted by Crippen LogP contribution is 2.34. The van der Waals surface area contributed by atoms with Crippen molar-refractivity contribution in [1.82, 2.24) is 15.1 Å². The van der Waals surface area contributed by atoms with Gasteiger partial charge in [-0.15, -0.1) is 0 Å². The zero-order valence-electron chi connectivity index (χ0n) is 14.4. The van der Waals surface area contributed by atoms with Crippen LogP contribution in [0.2, 0.25) is 0 Å². The number of fused-ring (bicyclic) bond motifs is 1. The Balaban J connectivity index is 1.82. The van der Waals surface area contributed by atoms with Crippen LogP contribution in [-0.4, -0.2) is 21.0 Å². The van der Waals surface area contributed by atoms with Gasteiger partial charge in [0.05, 0.1) is 18.8 Å². The van der Waals surface area contributed by atoms with E-state index < -0.39 is 11.7 Å². The normalized spacial score (nSPS) is 12.7. The summed E-state index contributed by atoms with van der Waals surface area (Å²) in [6, 6.07) is 12.4. The van der Waals surface area contributed by atoms with E-state index in [1.165, 1.54) is 12.1 Å². The number of carbonyl (C=O) groups is 1. The third-order valence-electron chi connectivity index (χ3n) is 4.78. The van der Waals surface area contributed by atoms with Crippen LogP contribution in [0.3, 0.4) is 0 Å². The van der Waals surface area contributed by atoms with Gasteiger partial charge in [-0.05, 0) is 17.7 Å². The molecule has 6 nitrogen and oxygen atoms in total. The van der Waals surface area contributed by atoms with Crippen LogP contribution in [0.15, 0.2) is 42.5 Å². The van der Waals surface area contributed by atoms with Crippen LogP contribution in [0.25, 0.3) is 11.3 Å². The Morgan fingerprint density at radius 1 is 1.26 bits per heavy atom. The molecule has 3 aromatic rings. The SMILES string of the molecule is N#CN1Cc2[nH]nc(-c3ccc(C(N)=O)c(Cc4ccccc4)c3F)c2C1. The van der Waals surface area contributed by atoms with E-state index in [-0.39, 0.29) is 17.5 Å². The molecule has 2 heterocycles. The van der Waals surface area contributed by atoms with Crippen molar-refractivity contribution < 1.29 is 9.18 Å². The number of rotatable bonds is 4. The molecule has 1 aromatic heterocycles. The maximum Gasteiger partial charge on any atom is 0.249 e. The minimum atomic E-state index is -0.672. The maximum atomic E-state index is 15.4. The number of primary amides is 1. The summed E-state index contributed by atoms with van der Waals surface area (Å²) in [5.41, 5.74) is 9.10. The van der Waals surface area contributed by atoms with Gasteiger partial charge in [0, 0.05) is 28.7 Å². The Labute approximate surface area is 155 Å². The highest BCUT2D eigenvalue weighted by atomic mass is 19.1. The second kappa shape index (κ2) is 6.57. The number of H-pyrrole nitrogens is 1. The predicted molar refractivity (Wildman–Crippen MR) is 96.6 cm³/mol. The van der Waals surface area contributed by atoms with Crippen LogP contribution in [-0.2, 0) is 19.5 Å². The van der Waals surface area contributed by atoms with Gasteiger partial charge in [0.1, 0.15) is 11.5 Å². The van der Waals surface area contributed by atoms with Crippen molar-refractivity contribution in [1.29, 1.82) is 5.26 Å². The van der Waals surface area contributed by atoms with E-state index >= 15 is 4.39 Å². The maximum absolute atomic E-state index is 15.4. The average molecular weight is 361 g/mol. The van der Waals surface area contributed by atoms with Gasteiger partial charge in [-0.3, -0.25) is 9.89 Å². The van der Waals surface area contributed by atoms with Crippen LogP contribution in [0.4, 0.5) is 4.39 Å². The molecule has 3 N–H and O–H groups in total. The third kappa shape index (κ3) is 2.91. The van der Waals surface area contributed by atoms with Gasteiger partial charge in [-0.25, -0.2) is 4.39 Å². The fourth-order valence-corrected chi connectivity index (χ4v) is 3.44. The van der Waals surface area contributed by atoms with E-state index in [1.54, 1.807) is 4.90 Å². The molecule has 0 bridgehead atoms. The molecule has 27 heavy (non-hydrogen) atoms. The van der Waals surface area contributed by atoms with Crippen molar-refractivity contribution in [2.45, 2.75) is 19.5 Å². The summed E-state index contributed by atoms with van der Waals surface area (Å²) in [5, 5.41) is 16.2. The van der Waals surface area contributed by atoms with E-state index in [0.29, 0.717) is 24.3 Å². The van der Waals surface area contributed by atoms with E-state index in [0.717, 1.165) is 16.8 Å². The number of aromatic amines is 1. The zero-order valence-corrected chi connectivity index (χ0v) is 14.4. The number of nitrogens with zero attached hydrogens (tertiary/aromatic N) is 3. The Kier molecular flexibility index (Phi) is 4.09. The summed E-state index contributed by atoms with van der Waals surface area (Å²) in [5.74, 6) is -1.19. The average Bonchev–Trinajstić information content (AvgIpc) is 3.24. The van der Waals surface area contributed by atoms with Crippen LogP contribution in [0, 0.1) is 17.3 Å². The summed E-state index contributed by atoms with van der Waals surface area (Å²) >= 11 is 0. The summed E-state index contributed by atoms with van der Waals surface area (Å²) < 4.78 is 15.4. The largest absolute Gasteiger partial charge is 0.366 e. The Hall–Kier alpha value is -3.66. The molecule has 1 aliphatic rings. The van der Waals surface area contributed by atoms with Crippen molar-refractivity contribution in [3.05, 3.63) is 76.2 Å². The predicted octanol–water partition coefficient (Wildman–Crippen LogP) is 2.70. The van der Waals surface area contributed by atoms with E-state index in [2.05, 4.69) is 16.4 Å². The number of nitrogens with one attached hydrogen (secondary N) is 1. The molecule has 1 amide bonds. The fourth-order valence-electron chi connectivity index (χ4n) is 3.44. The summed E-state index contributed by atoms with van der Waals surface area (Å²) in [6.45, 7) is 0.805. The van der Waals surface area contributed by atoms with Gasteiger partial charge in [-0.2, -0.15) is 10.4 Å². The second-order valence-electron chi connectivity index (χ2n) is 6.47. The van der Waals surface area contributed by atoms with Crippen molar-refractivity contribution in [2.24, 2.45) is 5.73 Å². The van der Waals surface area contributed by atoms with Gasteiger partial charge in [0.15, 0.2) is 6.19 Å². The Morgan fingerprint density at radius 2 is 2.04 bits per heavy atom. The van der Waals surface area contributed by atoms with E-state index in [9.17, 15) is 4.79 Å². The lowest BCUT2D eigenvalue weighted by Gasteiger charge is -2.12. The molecule has 0 atom stereocenters. The molecule has 7 heteroatoms. The summed E-state index contributed by atoms with van der Waals surface area (Å²) in [4.78, 5) is 13.4. The molecular formula is C20H16FN5O. The topological polar surface area (TPSA) is 98.8 Å². The quantitative estimate of drug-likeness (QED) is 0.698. The molecular weight excluding hydrogens is 345 g/mol. The Morgan fingerprint density at radius 3 is 2.74 bits per heavy atom. The first-order chi connectivity index (χ1) is 13.1. The van der Waals surface area contributed by atoms with E-state index in [1.807, 2.05) is 30.3 Å². The molecule has 0 aliphatic carbocycles. The summed E-state index contributed by atoms with van der Waals surface area (Å²) in [7, 11) is 0. The standard InChI is InChI=1S/C20H16FN5O/c21-18-14(19-16-9-26(11-22)10-17(16)24-25-19)7-6-13(20(23)27)15(18)8-12-4-2-1-3-5-12/h1-7H,8-10H2,(H2,23,27)(H,24,25). The van der Waals surface area contributed by atoms with Crippen LogP contribution >= 0.6 is 0 Å². The number of carbonyl (C=O) groups excluding carboxylic acids is 1. The number of amides is 1. The lowest BCUT2D eigenvalue weighted by molar-refractivity contribution is 0.0999. The van der Waals surface area contributed by atoms with Gasteiger partial charge in [0.25, 0.3) is 0 Å². The smallest absolute Gasteiger partial charge is 0.249 e. The van der Waals surface area contributed by atoms with Crippen molar-refractivity contribution in [3.63, 3.8) is 0 Å². The molecule has 134 valence electrons. The summed E-state index contributed by atoms with van der Waals surface area (Å²) in [6.07, 6.45) is 2.33. The first-order valence-electron chi connectivity index (χ1n) is 8.44. The Bertz CT molecular complexity index is 1070. The number of aromatic nitrogens is 2. The van der Waals surface area contributed by atoms with Crippen molar-refractivity contribution in [2.75, 3.05) is 0 Å². The number of nitrogens with two attached hydrogens (primary N) is 1. The van der Waals surface area contributed by atoms with E-state index in [4.69, 9.17) is 11.0 Å². The number of hydrogen-bond acceptors (Lipinski definition) is 4. The fraction of sp³-hybridized carbons (Fsp3) is 0.150. The number of benzene rings is 2. The first-order valence-corrected chi connectivity index (χ1v) is 8.44. The monoisotopic (exact) mass is 361 g/mol. The molecule has 0 saturated carbocycles. The zero-order chi connectivity index (χ0) is 19.0. The van der Waals surface area contributed by atoms with Gasteiger partial charge in [0.2, 0.25) is 5.91 Å². The number of nitriles is 1. The molecule has 0 fully saturated rings. The minimum Gasteiger partial charge on any atom is -0.366 e. The first kappa shape index (κ1) is 16.8. The van der Waals surface area contributed by atoms with Crippen molar-refractivity contribution >= 4 is 5.91 Å². The van der Waals surface area contributed by atoms with Gasteiger partial charge >= 0.3 is 0 Å². The van der Waals surface area contributed by atoms with Crippen LogP contribution in [0.1, 0.15) is 32.7 Å². The van der Waals surface area contributed by atoms with Crippen LogP contribution < -0.4 is 5.73 Å². The lowest BCUT2D eigenvalue weighted by Crippen LogP contribution is -2.16. The van der Waals surface area contributed by atoms with Crippen molar-refractivity contribution in [3.8, 4) is 17.5 Å². The molecule has 1 aliphatic heterocycles.